The fraction of sp³-hybridized carbons (Fsp3) is 0.500. The highest BCUT2D eigenvalue weighted by molar-refractivity contribution is 5.92. The van der Waals surface area contributed by atoms with E-state index in [9.17, 15) is 0 Å². The van der Waals surface area contributed by atoms with Crippen LogP contribution in [0.1, 0.15) is 48.6 Å². The highest BCUT2D eigenvalue weighted by Gasteiger charge is 2.23. The van der Waals surface area contributed by atoms with E-state index >= 15 is 0 Å². The number of benzene rings is 1. The normalized spacial score (nSPS) is 12.4. The average Bonchev–Trinajstić information content (AvgIpc) is 2.56. The smallest absolute Gasteiger partial charge is 0.0492 e. The SMILES string of the molecule is Cc1c(C)c(C(C)(C)C)c2c(C)c[nH]c2c1C. The minimum Gasteiger partial charge on any atom is -0.361 e. The summed E-state index contributed by atoms with van der Waals surface area (Å²) in [6.07, 6.45) is 2.13. The van der Waals surface area contributed by atoms with Gasteiger partial charge in [-0.15, -0.1) is 0 Å². The molecule has 0 fully saturated rings. The Balaban J connectivity index is 3.04. The van der Waals surface area contributed by atoms with E-state index in [-0.39, 0.29) is 5.41 Å². The van der Waals surface area contributed by atoms with Gasteiger partial charge >= 0.3 is 0 Å². The van der Waals surface area contributed by atoms with E-state index < -0.39 is 0 Å². The molecule has 0 bridgehead atoms. The molecule has 1 aromatic heterocycles. The maximum atomic E-state index is 3.44. The first-order valence-electron chi connectivity index (χ1n) is 6.33. The van der Waals surface area contributed by atoms with Gasteiger partial charge in [-0.3, -0.25) is 0 Å². The summed E-state index contributed by atoms with van der Waals surface area (Å²) >= 11 is 0. The quantitative estimate of drug-likeness (QED) is 0.674. The van der Waals surface area contributed by atoms with Crippen molar-refractivity contribution in [2.24, 2.45) is 0 Å². The molecule has 92 valence electrons. The summed E-state index contributed by atoms with van der Waals surface area (Å²) in [6.45, 7) is 15.8. The second-order valence-corrected chi connectivity index (χ2v) is 6.22. The molecule has 2 rings (SSSR count). The third kappa shape index (κ3) is 1.69. The van der Waals surface area contributed by atoms with Crippen molar-refractivity contribution >= 4 is 10.9 Å². The van der Waals surface area contributed by atoms with E-state index in [0.717, 1.165) is 0 Å². The lowest BCUT2D eigenvalue weighted by molar-refractivity contribution is 0.591. The maximum Gasteiger partial charge on any atom is 0.0492 e. The third-order valence-corrected chi connectivity index (χ3v) is 3.95. The van der Waals surface area contributed by atoms with Gasteiger partial charge < -0.3 is 4.98 Å². The van der Waals surface area contributed by atoms with E-state index in [1.165, 1.54) is 38.7 Å². The number of hydrogen-bond acceptors (Lipinski definition) is 0. The molecule has 0 radical (unpaired) electrons. The van der Waals surface area contributed by atoms with Crippen molar-refractivity contribution in [3.8, 4) is 0 Å². The van der Waals surface area contributed by atoms with Gasteiger partial charge in [-0.25, -0.2) is 0 Å². The van der Waals surface area contributed by atoms with Crippen LogP contribution in [0, 0.1) is 27.7 Å². The Labute approximate surface area is 104 Å². The third-order valence-electron chi connectivity index (χ3n) is 3.95. The molecule has 0 aliphatic carbocycles. The maximum absolute atomic E-state index is 3.44. The highest BCUT2D eigenvalue weighted by Crippen LogP contribution is 2.38. The number of rotatable bonds is 0. The summed E-state index contributed by atoms with van der Waals surface area (Å²) in [6, 6.07) is 0. The van der Waals surface area contributed by atoms with Crippen LogP contribution in [0.2, 0.25) is 0 Å². The molecule has 0 saturated carbocycles. The average molecular weight is 229 g/mol. The van der Waals surface area contributed by atoms with Gasteiger partial charge in [0.2, 0.25) is 0 Å². The summed E-state index contributed by atoms with van der Waals surface area (Å²) < 4.78 is 0. The molecule has 0 amide bonds. The molecular weight excluding hydrogens is 206 g/mol. The predicted molar refractivity (Wildman–Crippen MR) is 75.9 cm³/mol. The van der Waals surface area contributed by atoms with E-state index in [1.54, 1.807) is 0 Å². The highest BCUT2D eigenvalue weighted by atomic mass is 14.7. The van der Waals surface area contributed by atoms with Gasteiger partial charge in [0.25, 0.3) is 0 Å². The number of aromatic nitrogens is 1. The lowest BCUT2D eigenvalue weighted by atomic mass is 9.78. The van der Waals surface area contributed by atoms with Crippen LogP contribution in [-0.4, -0.2) is 4.98 Å². The van der Waals surface area contributed by atoms with Gasteiger partial charge in [0.05, 0.1) is 0 Å². The molecule has 0 saturated heterocycles. The summed E-state index contributed by atoms with van der Waals surface area (Å²) in [5, 5.41) is 1.43. The number of aromatic amines is 1. The van der Waals surface area contributed by atoms with Crippen LogP contribution in [0.3, 0.4) is 0 Å². The van der Waals surface area contributed by atoms with Gasteiger partial charge in [0, 0.05) is 17.1 Å². The fourth-order valence-corrected chi connectivity index (χ4v) is 2.92. The first-order chi connectivity index (χ1) is 7.75. The fourth-order valence-electron chi connectivity index (χ4n) is 2.92. The zero-order valence-electron chi connectivity index (χ0n) is 12.1. The molecule has 0 aliphatic rings. The Morgan fingerprint density at radius 1 is 0.882 bits per heavy atom. The van der Waals surface area contributed by atoms with E-state index in [0.29, 0.717) is 0 Å². The van der Waals surface area contributed by atoms with Crippen molar-refractivity contribution in [3.63, 3.8) is 0 Å². The van der Waals surface area contributed by atoms with Crippen molar-refractivity contribution in [1.82, 2.24) is 4.98 Å². The molecule has 0 aliphatic heterocycles. The standard InChI is InChI=1S/C16H23N/c1-9-8-17-15-12(4)10(2)11(3)14(13(9)15)16(5,6)7/h8,17H,1-7H3. The van der Waals surface area contributed by atoms with Gasteiger partial charge in [-0.1, -0.05) is 20.8 Å². The lowest BCUT2D eigenvalue weighted by Crippen LogP contribution is -2.15. The second kappa shape index (κ2) is 3.63. The van der Waals surface area contributed by atoms with E-state index in [1.807, 2.05) is 0 Å². The first kappa shape index (κ1) is 12.2. The van der Waals surface area contributed by atoms with Gasteiger partial charge in [-0.05, 0) is 60.9 Å². The zero-order valence-corrected chi connectivity index (χ0v) is 12.1. The zero-order chi connectivity index (χ0) is 13.0. The van der Waals surface area contributed by atoms with Crippen LogP contribution in [0.5, 0.6) is 0 Å². The van der Waals surface area contributed by atoms with E-state index in [4.69, 9.17) is 0 Å². The molecule has 0 atom stereocenters. The Morgan fingerprint density at radius 2 is 1.47 bits per heavy atom. The van der Waals surface area contributed by atoms with Crippen molar-refractivity contribution in [2.45, 2.75) is 53.9 Å². The van der Waals surface area contributed by atoms with Crippen LogP contribution in [0.25, 0.3) is 10.9 Å². The van der Waals surface area contributed by atoms with Crippen LogP contribution in [0.15, 0.2) is 6.20 Å². The number of H-pyrrole nitrogens is 1. The minimum atomic E-state index is 0.188. The van der Waals surface area contributed by atoms with Gasteiger partial charge in [-0.2, -0.15) is 0 Å². The van der Waals surface area contributed by atoms with Crippen molar-refractivity contribution in [1.29, 1.82) is 0 Å². The molecule has 0 spiro atoms. The largest absolute Gasteiger partial charge is 0.361 e. The second-order valence-electron chi connectivity index (χ2n) is 6.22. The Hall–Kier alpha value is -1.24. The first-order valence-corrected chi connectivity index (χ1v) is 6.33. The number of hydrogen-bond donors (Lipinski definition) is 1. The number of fused-ring (bicyclic) bond motifs is 1. The Morgan fingerprint density at radius 3 is 2.00 bits per heavy atom. The predicted octanol–water partition coefficient (Wildman–Crippen LogP) is 4.70. The lowest BCUT2D eigenvalue weighted by Gasteiger charge is -2.26. The van der Waals surface area contributed by atoms with Crippen molar-refractivity contribution < 1.29 is 0 Å². The van der Waals surface area contributed by atoms with Crippen LogP contribution in [0.4, 0.5) is 0 Å². The van der Waals surface area contributed by atoms with Crippen LogP contribution >= 0.6 is 0 Å². The minimum absolute atomic E-state index is 0.188. The molecular formula is C16H23N. The number of aryl methyl sites for hydroxylation is 2. The molecule has 0 unspecified atom stereocenters. The molecule has 2 aromatic rings. The molecule has 1 heterocycles. The van der Waals surface area contributed by atoms with Crippen LogP contribution < -0.4 is 0 Å². The molecule has 17 heavy (non-hydrogen) atoms. The summed E-state index contributed by atoms with van der Waals surface area (Å²) in [5.74, 6) is 0. The number of nitrogens with one attached hydrogen (secondary N) is 1. The van der Waals surface area contributed by atoms with Crippen molar-refractivity contribution in [2.75, 3.05) is 0 Å². The van der Waals surface area contributed by atoms with Crippen molar-refractivity contribution in [3.05, 3.63) is 34.0 Å². The van der Waals surface area contributed by atoms with Gasteiger partial charge in [0.1, 0.15) is 0 Å². The Bertz CT molecular complexity index is 580. The molecule has 1 N–H and O–H groups in total. The summed E-state index contributed by atoms with van der Waals surface area (Å²) in [4.78, 5) is 3.44. The topological polar surface area (TPSA) is 15.8 Å². The summed E-state index contributed by atoms with van der Waals surface area (Å²) in [7, 11) is 0. The molecule has 1 heteroatoms. The Kier molecular flexibility index (Phi) is 2.61. The van der Waals surface area contributed by atoms with Gasteiger partial charge in [0.15, 0.2) is 0 Å². The van der Waals surface area contributed by atoms with Crippen LogP contribution in [-0.2, 0) is 5.41 Å². The summed E-state index contributed by atoms with van der Waals surface area (Å²) in [5.41, 5.74) is 8.61. The monoisotopic (exact) mass is 229 g/mol. The molecule has 1 nitrogen and oxygen atoms in total. The molecule has 1 aromatic carbocycles. The van der Waals surface area contributed by atoms with E-state index in [2.05, 4.69) is 59.6 Å².